The molecule has 2 N–H and O–H groups in total. The van der Waals surface area contributed by atoms with Crippen LogP contribution in [0.5, 0.6) is 0 Å². The van der Waals surface area contributed by atoms with E-state index < -0.39 is 0 Å². The van der Waals surface area contributed by atoms with E-state index in [0.717, 1.165) is 18.4 Å². The van der Waals surface area contributed by atoms with Gasteiger partial charge in [-0.25, -0.2) is 9.97 Å². The van der Waals surface area contributed by atoms with Crippen LogP contribution in [0.1, 0.15) is 24.3 Å². The van der Waals surface area contributed by atoms with Gasteiger partial charge in [-0.1, -0.05) is 11.6 Å². The van der Waals surface area contributed by atoms with Gasteiger partial charge in [0.1, 0.15) is 5.15 Å². The molecule has 0 aromatic carbocycles. The van der Waals surface area contributed by atoms with Crippen molar-refractivity contribution in [1.29, 1.82) is 0 Å². The van der Waals surface area contributed by atoms with E-state index in [1.54, 1.807) is 6.20 Å². The Balaban J connectivity index is 2.22. The molecule has 1 fully saturated rings. The predicted octanol–water partition coefficient (Wildman–Crippen LogP) is 2.32. The van der Waals surface area contributed by atoms with Gasteiger partial charge in [-0.15, -0.1) is 0 Å². The van der Waals surface area contributed by atoms with Crippen molar-refractivity contribution in [2.75, 3.05) is 17.2 Å². The molecule has 0 atom stereocenters. The minimum absolute atomic E-state index is 0.254. The van der Waals surface area contributed by atoms with Crippen LogP contribution in [0, 0.1) is 0 Å². The molecule has 2 rings (SSSR count). The molecule has 1 saturated heterocycles. The number of nitrogen functional groups attached to an aromatic ring is 1. The van der Waals surface area contributed by atoms with Crippen molar-refractivity contribution in [2.45, 2.75) is 18.8 Å². The maximum atomic E-state index is 6.02. The van der Waals surface area contributed by atoms with E-state index in [2.05, 4.69) is 9.97 Å². The van der Waals surface area contributed by atoms with E-state index in [1.807, 2.05) is 11.8 Å². The van der Waals surface area contributed by atoms with Gasteiger partial charge in [0.15, 0.2) is 0 Å². The molecule has 0 amide bonds. The highest BCUT2D eigenvalue weighted by molar-refractivity contribution is 7.99. The first kappa shape index (κ1) is 10.1. The number of nitrogens with zero attached hydrogens (tertiary/aromatic N) is 2. The van der Waals surface area contributed by atoms with Gasteiger partial charge in [-0.2, -0.15) is 11.8 Å². The molecule has 1 aromatic rings. The van der Waals surface area contributed by atoms with E-state index in [1.165, 1.54) is 11.5 Å². The average molecular weight is 230 g/mol. The first-order chi connectivity index (χ1) is 6.77. The Bertz CT molecular complexity index is 326. The van der Waals surface area contributed by atoms with E-state index in [0.29, 0.717) is 11.1 Å². The number of hydrogen-bond acceptors (Lipinski definition) is 4. The van der Waals surface area contributed by atoms with Gasteiger partial charge in [-0.05, 0) is 30.3 Å². The van der Waals surface area contributed by atoms with Crippen LogP contribution < -0.4 is 5.73 Å². The Kier molecular flexibility index (Phi) is 3.13. The molecule has 5 heteroatoms. The number of aromatic nitrogens is 2. The SMILES string of the molecule is Nc1ncc(C2CCSCC2)c(Cl)n1. The monoisotopic (exact) mass is 229 g/mol. The lowest BCUT2D eigenvalue weighted by Gasteiger charge is -2.21. The van der Waals surface area contributed by atoms with Crippen LogP contribution in [0.15, 0.2) is 6.20 Å². The van der Waals surface area contributed by atoms with Crippen LogP contribution in [0.2, 0.25) is 5.15 Å². The quantitative estimate of drug-likeness (QED) is 0.751. The van der Waals surface area contributed by atoms with Crippen molar-refractivity contribution in [3.8, 4) is 0 Å². The second kappa shape index (κ2) is 4.36. The fraction of sp³-hybridized carbons (Fsp3) is 0.556. The smallest absolute Gasteiger partial charge is 0.221 e. The van der Waals surface area contributed by atoms with Gasteiger partial charge in [0.25, 0.3) is 0 Å². The minimum Gasteiger partial charge on any atom is -0.368 e. The zero-order chi connectivity index (χ0) is 9.97. The first-order valence-corrected chi connectivity index (χ1v) is 6.16. The van der Waals surface area contributed by atoms with E-state index in [9.17, 15) is 0 Å². The molecule has 76 valence electrons. The number of thioether (sulfide) groups is 1. The van der Waals surface area contributed by atoms with Crippen molar-refractivity contribution in [1.82, 2.24) is 9.97 Å². The molecule has 0 unspecified atom stereocenters. The van der Waals surface area contributed by atoms with Crippen LogP contribution in [-0.4, -0.2) is 21.5 Å². The fourth-order valence-electron chi connectivity index (χ4n) is 1.67. The number of rotatable bonds is 1. The second-order valence-corrected chi connectivity index (χ2v) is 4.94. The van der Waals surface area contributed by atoms with Gasteiger partial charge < -0.3 is 5.73 Å². The Labute approximate surface area is 92.5 Å². The summed E-state index contributed by atoms with van der Waals surface area (Å²) in [6.45, 7) is 0. The zero-order valence-corrected chi connectivity index (χ0v) is 9.31. The molecule has 14 heavy (non-hydrogen) atoms. The third-order valence-corrected chi connectivity index (χ3v) is 3.80. The molecule has 0 bridgehead atoms. The lowest BCUT2D eigenvalue weighted by molar-refractivity contribution is 0.632. The number of halogens is 1. The van der Waals surface area contributed by atoms with E-state index in [4.69, 9.17) is 17.3 Å². The van der Waals surface area contributed by atoms with Crippen molar-refractivity contribution in [3.05, 3.63) is 16.9 Å². The fourth-order valence-corrected chi connectivity index (χ4v) is 3.06. The number of anilines is 1. The van der Waals surface area contributed by atoms with Gasteiger partial charge in [-0.3, -0.25) is 0 Å². The Morgan fingerprint density at radius 2 is 2.14 bits per heavy atom. The zero-order valence-electron chi connectivity index (χ0n) is 7.74. The maximum Gasteiger partial charge on any atom is 0.221 e. The van der Waals surface area contributed by atoms with Crippen molar-refractivity contribution >= 4 is 29.3 Å². The Hall–Kier alpha value is -0.480. The van der Waals surface area contributed by atoms with E-state index in [-0.39, 0.29) is 5.95 Å². The van der Waals surface area contributed by atoms with Crippen LogP contribution >= 0.6 is 23.4 Å². The predicted molar refractivity (Wildman–Crippen MR) is 60.8 cm³/mol. The summed E-state index contributed by atoms with van der Waals surface area (Å²) < 4.78 is 0. The third kappa shape index (κ3) is 2.12. The summed E-state index contributed by atoms with van der Waals surface area (Å²) in [6.07, 6.45) is 4.10. The average Bonchev–Trinajstić information content (AvgIpc) is 2.19. The first-order valence-electron chi connectivity index (χ1n) is 4.63. The van der Waals surface area contributed by atoms with Crippen LogP contribution in [0.25, 0.3) is 0 Å². The maximum absolute atomic E-state index is 6.02. The lowest BCUT2D eigenvalue weighted by Crippen LogP contribution is -2.10. The summed E-state index contributed by atoms with van der Waals surface area (Å²) in [5.41, 5.74) is 6.50. The van der Waals surface area contributed by atoms with Crippen LogP contribution in [0.4, 0.5) is 5.95 Å². The molecular weight excluding hydrogens is 218 g/mol. The molecule has 0 aliphatic carbocycles. The van der Waals surface area contributed by atoms with Gasteiger partial charge in [0.05, 0.1) is 0 Å². The summed E-state index contributed by atoms with van der Waals surface area (Å²) in [5.74, 6) is 3.17. The summed E-state index contributed by atoms with van der Waals surface area (Å²) in [5, 5.41) is 0.523. The minimum atomic E-state index is 0.254. The van der Waals surface area contributed by atoms with Gasteiger partial charge in [0, 0.05) is 11.8 Å². The molecule has 1 aliphatic rings. The van der Waals surface area contributed by atoms with Crippen molar-refractivity contribution in [3.63, 3.8) is 0 Å². The van der Waals surface area contributed by atoms with Gasteiger partial charge >= 0.3 is 0 Å². The number of hydrogen-bond donors (Lipinski definition) is 1. The lowest BCUT2D eigenvalue weighted by atomic mass is 9.96. The Morgan fingerprint density at radius 3 is 2.79 bits per heavy atom. The van der Waals surface area contributed by atoms with Crippen LogP contribution in [-0.2, 0) is 0 Å². The molecule has 2 heterocycles. The molecule has 1 aliphatic heterocycles. The number of nitrogens with two attached hydrogens (primary N) is 1. The molecule has 1 aromatic heterocycles. The topological polar surface area (TPSA) is 51.8 Å². The molecule has 0 radical (unpaired) electrons. The Morgan fingerprint density at radius 1 is 1.43 bits per heavy atom. The third-order valence-electron chi connectivity index (χ3n) is 2.45. The highest BCUT2D eigenvalue weighted by Gasteiger charge is 2.19. The highest BCUT2D eigenvalue weighted by Crippen LogP contribution is 2.34. The van der Waals surface area contributed by atoms with Crippen LogP contribution in [0.3, 0.4) is 0 Å². The van der Waals surface area contributed by atoms with E-state index >= 15 is 0 Å². The normalized spacial score (nSPS) is 18.4. The van der Waals surface area contributed by atoms with Crippen molar-refractivity contribution in [2.24, 2.45) is 0 Å². The molecule has 0 spiro atoms. The summed E-state index contributed by atoms with van der Waals surface area (Å²) >= 11 is 8.02. The molecule has 0 saturated carbocycles. The summed E-state index contributed by atoms with van der Waals surface area (Å²) in [7, 11) is 0. The van der Waals surface area contributed by atoms with Gasteiger partial charge in [0.2, 0.25) is 5.95 Å². The molecular formula is C9H12ClN3S. The summed E-state index contributed by atoms with van der Waals surface area (Å²) in [4.78, 5) is 7.96. The standard InChI is InChI=1S/C9H12ClN3S/c10-8-7(5-12-9(11)13-8)6-1-3-14-4-2-6/h5-6H,1-4H2,(H2,11,12,13). The second-order valence-electron chi connectivity index (χ2n) is 3.36. The highest BCUT2D eigenvalue weighted by atomic mass is 35.5. The largest absolute Gasteiger partial charge is 0.368 e. The van der Waals surface area contributed by atoms with Crippen molar-refractivity contribution < 1.29 is 0 Å². The summed E-state index contributed by atoms with van der Waals surface area (Å²) in [6, 6.07) is 0. The molecule has 3 nitrogen and oxygen atoms in total.